The van der Waals surface area contributed by atoms with Gasteiger partial charge in [-0.15, -0.1) is 11.3 Å². The maximum absolute atomic E-state index is 12.6. The Hall–Kier alpha value is -1.92. The summed E-state index contributed by atoms with van der Waals surface area (Å²) in [7, 11) is 0. The molecule has 1 aromatic carbocycles. The van der Waals surface area contributed by atoms with Crippen LogP contribution < -0.4 is 10.3 Å². The highest BCUT2D eigenvalue weighted by Crippen LogP contribution is 2.34. The number of hydrogen-bond acceptors (Lipinski definition) is 4. The van der Waals surface area contributed by atoms with Crippen LogP contribution in [0.4, 0.5) is 0 Å². The van der Waals surface area contributed by atoms with Crippen molar-refractivity contribution in [2.45, 2.75) is 6.04 Å². The van der Waals surface area contributed by atoms with Crippen molar-refractivity contribution in [2.75, 3.05) is 6.61 Å². The number of aromatic amines is 1. The molecule has 1 aliphatic heterocycles. The molecule has 6 heteroatoms. The molecule has 20 heavy (non-hydrogen) atoms. The molecule has 0 fully saturated rings. The molecule has 0 saturated heterocycles. The van der Waals surface area contributed by atoms with Gasteiger partial charge >= 0.3 is 0 Å². The minimum atomic E-state index is -0.160. The molecule has 100 valence electrons. The molecule has 1 unspecified atom stereocenters. The van der Waals surface area contributed by atoms with E-state index in [0.29, 0.717) is 16.8 Å². The standard InChI is InChI=1S/C14H10N2O2S2/c17-13-9-5-6-20-12(9)15-14(19)16(13)10-7-18-11-4-2-1-3-8(10)11/h1-6,10H,7H2,(H,15,19). The summed E-state index contributed by atoms with van der Waals surface area (Å²) in [6.45, 7) is 0.437. The van der Waals surface area contributed by atoms with Crippen molar-refractivity contribution >= 4 is 33.8 Å². The van der Waals surface area contributed by atoms with E-state index in [0.717, 1.165) is 16.1 Å². The van der Waals surface area contributed by atoms with Gasteiger partial charge in [0.1, 0.15) is 23.2 Å². The smallest absolute Gasteiger partial charge is 0.263 e. The molecule has 1 aliphatic rings. The molecule has 0 spiro atoms. The van der Waals surface area contributed by atoms with Gasteiger partial charge in [0.2, 0.25) is 0 Å². The Balaban J connectivity index is 2.01. The van der Waals surface area contributed by atoms with Gasteiger partial charge in [-0.1, -0.05) is 18.2 Å². The Morgan fingerprint density at radius 3 is 3.10 bits per heavy atom. The van der Waals surface area contributed by atoms with E-state index in [2.05, 4.69) is 4.98 Å². The first-order chi connectivity index (χ1) is 9.75. The van der Waals surface area contributed by atoms with E-state index < -0.39 is 0 Å². The largest absolute Gasteiger partial charge is 0.491 e. The molecule has 0 aliphatic carbocycles. The van der Waals surface area contributed by atoms with Crippen LogP contribution >= 0.6 is 23.6 Å². The Morgan fingerprint density at radius 2 is 2.20 bits per heavy atom. The van der Waals surface area contributed by atoms with Crippen molar-refractivity contribution < 1.29 is 4.74 Å². The second-order valence-corrected chi connectivity index (χ2v) is 5.94. The highest BCUT2D eigenvalue weighted by Gasteiger charge is 2.27. The van der Waals surface area contributed by atoms with E-state index in [4.69, 9.17) is 17.0 Å². The molecule has 3 aromatic rings. The van der Waals surface area contributed by atoms with Gasteiger partial charge in [0.15, 0.2) is 4.77 Å². The van der Waals surface area contributed by atoms with E-state index >= 15 is 0 Å². The molecular weight excluding hydrogens is 292 g/mol. The molecule has 1 atom stereocenters. The van der Waals surface area contributed by atoms with Gasteiger partial charge in [-0.25, -0.2) is 0 Å². The number of rotatable bonds is 1. The zero-order valence-electron chi connectivity index (χ0n) is 10.3. The number of ether oxygens (including phenoxy) is 1. The van der Waals surface area contributed by atoms with E-state index in [-0.39, 0.29) is 11.6 Å². The van der Waals surface area contributed by atoms with Crippen LogP contribution in [0.25, 0.3) is 10.2 Å². The lowest BCUT2D eigenvalue weighted by Gasteiger charge is -2.13. The van der Waals surface area contributed by atoms with Crippen molar-refractivity contribution in [3.8, 4) is 5.75 Å². The van der Waals surface area contributed by atoms with Crippen LogP contribution in [0, 0.1) is 4.77 Å². The summed E-state index contributed by atoms with van der Waals surface area (Å²) in [5.74, 6) is 0.823. The van der Waals surface area contributed by atoms with Crippen LogP contribution in [0.5, 0.6) is 5.75 Å². The third-order valence-corrected chi connectivity index (χ3v) is 4.67. The summed E-state index contributed by atoms with van der Waals surface area (Å²) >= 11 is 6.84. The molecular formula is C14H10N2O2S2. The topological polar surface area (TPSA) is 47.0 Å². The van der Waals surface area contributed by atoms with Crippen LogP contribution in [0.3, 0.4) is 0 Å². The summed E-state index contributed by atoms with van der Waals surface area (Å²) < 4.78 is 7.71. The van der Waals surface area contributed by atoms with Crippen molar-refractivity contribution in [2.24, 2.45) is 0 Å². The molecule has 0 amide bonds. The first-order valence-corrected chi connectivity index (χ1v) is 7.48. The molecule has 3 heterocycles. The van der Waals surface area contributed by atoms with Gasteiger partial charge in [-0.3, -0.25) is 9.36 Å². The number of aromatic nitrogens is 2. The summed E-state index contributed by atoms with van der Waals surface area (Å²) in [4.78, 5) is 16.6. The minimum absolute atomic E-state index is 0.0599. The van der Waals surface area contributed by atoms with Gasteiger partial charge in [0.05, 0.1) is 5.39 Å². The summed E-state index contributed by atoms with van der Waals surface area (Å²) in [5, 5.41) is 2.56. The molecule has 4 rings (SSSR count). The average Bonchev–Trinajstić information content (AvgIpc) is 3.06. The summed E-state index contributed by atoms with van der Waals surface area (Å²) in [6, 6.07) is 9.43. The molecule has 2 aromatic heterocycles. The highest BCUT2D eigenvalue weighted by molar-refractivity contribution is 7.71. The minimum Gasteiger partial charge on any atom is -0.491 e. The third kappa shape index (κ3) is 1.58. The van der Waals surface area contributed by atoms with E-state index in [1.54, 1.807) is 4.57 Å². The normalized spacial score (nSPS) is 17.1. The number of H-pyrrole nitrogens is 1. The summed E-state index contributed by atoms with van der Waals surface area (Å²) in [6.07, 6.45) is 0. The average molecular weight is 302 g/mol. The predicted octanol–water partition coefficient (Wildman–Crippen LogP) is 3.10. The van der Waals surface area contributed by atoms with Gasteiger partial charge < -0.3 is 9.72 Å². The Morgan fingerprint density at radius 1 is 1.35 bits per heavy atom. The number of thiophene rings is 1. The zero-order chi connectivity index (χ0) is 13.7. The van der Waals surface area contributed by atoms with E-state index in [9.17, 15) is 4.79 Å². The van der Waals surface area contributed by atoms with Crippen molar-refractivity contribution in [1.29, 1.82) is 0 Å². The second-order valence-electron chi connectivity index (χ2n) is 4.63. The van der Waals surface area contributed by atoms with Crippen LogP contribution in [0.15, 0.2) is 40.5 Å². The van der Waals surface area contributed by atoms with Gasteiger partial charge in [0, 0.05) is 5.56 Å². The fourth-order valence-corrected chi connectivity index (χ4v) is 3.75. The number of fused-ring (bicyclic) bond motifs is 2. The highest BCUT2D eigenvalue weighted by atomic mass is 32.1. The van der Waals surface area contributed by atoms with Gasteiger partial charge in [-0.05, 0) is 29.7 Å². The maximum atomic E-state index is 12.6. The molecule has 0 radical (unpaired) electrons. The van der Waals surface area contributed by atoms with Crippen molar-refractivity contribution in [3.05, 3.63) is 56.4 Å². The fraction of sp³-hybridized carbons (Fsp3) is 0.143. The SMILES string of the molecule is O=c1c2ccsc2[nH]c(=S)n1C1COc2ccccc21. The van der Waals surface area contributed by atoms with E-state index in [1.807, 2.05) is 35.7 Å². The molecule has 0 saturated carbocycles. The third-order valence-electron chi connectivity index (χ3n) is 3.54. The first kappa shape index (κ1) is 11.9. The zero-order valence-corrected chi connectivity index (χ0v) is 12.0. The van der Waals surface area contributed by atoms with Crippen LogP contribution in [0.1, 0.15) is 11.6 Å². The quantitative estimate of drug-likeness (QED) is 0.703. The van der Waals surface area contributed by atoms with Gasteiger partial charge in [-0.2, -0.15) is 0 Å². The fourth-order valence-electron chi connectivity index (χ4n) is 2.60. The molecule has 0 bridgehead atoms. The van der Waals surface area contributed by atoms with Crippen LogP contribution in [-0.4, -0.2) is 16.2 Å². The number of nitrogens with zero attached hydrogens (tertiary/aromatic N) is 1. The van der Waals surface area contributed by atoms with Crippen LogP contribution in [-0.2, 0) is 0 Å². The lowest BCUT2D eigenvalue weighted by atomic mass is 10.1. The number of hydrogen-bond donors (Lipinski definition) is 1. The monoisotopic (exact) mass is 302 g/mol. The number of para-hydroxylation sites is 1. The number of nitrogens with one attached hydrogen (secondary N) is 1. The van der Waals surface area contributed by atoms with Gasteiger partial charge in [0.25, 0.3) is 5.56 Å². The van der Waals surface area contributed by atoms with Crippen LogP contribution in [0.2, 0.25) is 0 Å². The maximum Gasteiger partial charge on any atom is 0.263 e. The van der Waals surface area contributed by atoms with Crippen molar-refractivity contribution in [3.63, 3.8) is 0 Å². The second kappa shape index (κ2) is 4.29. The Kier molecular flexibility index (Phi) is 2.55. The lowest BCUT2D eigenvalue weighted by molar-refractivity contribution is 0.313. The van der Waals surface area contributed by atoms with Crippen molar-refractivity contribution in [1.82, 2.24) is 9.55 Å². The van der Waals surface area contributed by atoms with E-state index in [1.165, 1.54) is 11.3 Å². The Bertz CT molecular complexity index is 923. The number of benzene rings is 1. The molecule has 4 nitrogen and oxygen atoms in total. The molecule has 1 N–H and O–H groups in total. The Labute approximate surface area is 123 Å². The first-order valence-electron chi connectivity index (χ1n) is 6.19. The summed E-state index contributed by atoms with van der Waals surface area (Å²) in [5.41, 5.74) is 0.944. The predicted molar refractivity (Wildman–Crippen MR) is 81.3 cm³/mol. The lowest BCUT2D eigenvalue weighted by Crippen LogP contribution is -2.27.